The second-order valence-corrected chi connectivity index (χ2v) is 4.77. The van der Waals surface area contributed by atoms with Crippen molar-refractivity contribution in [3.05, 3.63) is 29.3 Å². The fourth-order valence-electron chi connectivity index (χ4n) is 2.56. The van der Waals surface area contributed by atoms with Crippen molar-refractivity contribution in [1.29, 1.82) is 5.26 Å². The van der Waals surface area contributed by atoms with Crippen LogP contribution in [0.5, 0.6) is 0 Å². The minimum atomic E-state index is -1.04. The average molecular weight is 250 g/mol. The first-order valence-corrected chi connectivity index (χ1v) is 6.26. The molecule has 2 rings (SSSR count). The Balaban J connectivity index is 2.28. The highest BCUT2D eigenvalue weighted by Crippen LogP contribution is 2.29. The Kier molecular flexibility index (Phi) is 3.81. The molecule has 1 aliphatic carbocycles. The van der Waals surface area contributed by atoms with E-state index in [1.54, 1.807) is 18.0 Å². The predicted octanol–water partition coefficient (Wildman–Crippen LogP) is 3.61. The van der Waals surface area contributed by atoms with Crippen LogP contribution in [-0.2, 0) is 0 Å². The lowest BCUT2D eigenvalue weighted by Gasteiger charge is -2.33. The van der Waals surface area contributed by atoms with Gasteiger partial charge in [0.05, 0.1) is 11.3 Å². The smallest absolute Gasteiger partial charge is 0.183 e. The molecule has 1 aromatic carbocycles. The van der Waals surface area contributed by atoms with Crippen LogP contribution in [-0.4, -0.2) is 13.1 Å². The lowest BCUT2D eigenvalue weighted by Crippen LogP contribution is -2.34. The van der Waals surface area contributed by atoms with Gasteiger partial charge < -0.3 is 4.90 Å². The van der Waals surface area contributed by atoms with Crippen molar-refractivity contribution in [3.8, 4) is 6.07 Å². The molecule has 2 nitrogen and oxygen atoms in total. The van der Waals surface area contributed by atoms with Crippen LogP contribution in [0.15, 0.2) is 12.1 Å². The number of hydrogen-bond acceptors (Lipinski definition) is 2. The molecule has 0 aliphatic heterocycles. The van der Waals surface area contributed by atoms with Crippen molar-refractivity contribution in [3.63, 3.8) is 0 Å². The van der Waals surface area contributed by atoms with Gasteiger partial charge in [-0.2, -0.15) is 5.26 Å². The van der Waals surface area contributed by atoms with E-state index in [9.17, 15) is 8.78 Å². The SMILES string of the molecule is CN(c1ccc(C#N)c(F)c1F)C1CCCCC1. The minimum Gasteiger partial charge on any atom is -0.369 e. The molecule has 0 saturated heterocycles. The summed E-state index contributed by atoms with van der Waals surface area (Å²) in [5, 5.41) is 8.65. The molecule has 0 unspecified atom stereocenters. The van der Waals surface area contributed by atoms with E-state index in [-0.39, 0.29) is 17.3 Å². The van der Waals surface area contributed by atoms with Gasteiger partial charge in [0.25, 0.3) is 0 Å². The molecule has 0 N–H and O–H groups in total. The quantitative estimate of drug-likeness (QED) is 0.801. The van der Waals surface area contributed by atoms with Crippen LogP contribution < -0.4 is 4.90 Å². The third kappa shape index (κ3) is 2.31. The molecule has 0 heterocycles. The Labute approximate surface area is 106 Å². The maximum Gasteiger partial charge on any atom is 0.183 e. The molecule has 0 spiro atoms. The standard InChI is InChI=1S/C14H16F2N2/c1-18(11-5-3-2-4-6-11)12-8-7-10(9-17)13(15)14(12)16/h7-8,11H,2-6H2,1H3. The van der Waals surface area contributed by atoms with Gasteiger partial charge in [-0.25, -0.2) is 8.78 Å². The molecule has 1 aromatic rings. The summed E-state index contributed by atoms with van der Waals surface area (Å²) >= 11 is 0. The molecular weight excluding hydrogens is 234 g/mol. The predicted molar refractivity (Wildman–Crippen MR) is 66.3 cm³/mol. The van der Waals surface area contributed by atoms with Gasteiger partial charge in [0.1, 0.15) is 6.07 Å². The third-order valence-electron chi connectivity index (χ3n) is 3.68. The number of nitriles is 1. The zero-order chi connectivity index (χ0) is 13.1. The Morgan fingerprint density at radius 1 is 1.17 bits per heavy atom. The van der Waals surface area contributed by atoms with Gasteiger partial charge in [-0.1, -0.05) is 19.3 Å². The van der Waals surface area contributed by atoms with Crippen molar-refractivity contribution in [2.75, 3.05) is 11.9 Å². The average Bonchev–Trinajstić information content (AvgIpc) is 2.42. The lowest BCUT2D eigenvalue weighted by molar-refractivity contribution is 0.421. The summed E-state index contributed by atoms with van der Waals surface area (Å²) in [6, 6.07) is 4.74. The first-order chi connectivity index (χ1) is 8.65. The van der Waals surface area contributed by atoms with E-state index in [0.29, 0.717) is 0 Å². The lowest BCUT2D eigenvalue weighted by atomic mass is 9.94. The zero-order valence-electron chi connectivity index (χ0n) is 10.4. The molecular formula is C14H16F2N2. The van der Waals surface area contributed by atoms with E-state index in [1.165, 1.54) is 18.6 Å². The maximum atomic E-state index is 13.9. The largest absolute Gasteiger partial charge is 0.369 e. The summed E-state index contributed by atoms with van der Waals surface area (Å²) in [7, 11) is 1.79. The molecule has 1 aliphatic rings. The fourth-order valence-corrected chi connectivity index (χ4v) is 2.56. The van der Waals surface area contributed by atoms with Gasteiger partial charge in [0, 0.05) is 13.1 Å². The van der Waals surface area contributed by atoms with Crippen LogP contribution in [0.1, 0.15) is 37.7 Å². The van der Waals surface area contributed by atoms with Crippen LogP contribution >= 0.6 is 0 Å². The van der Waals surface area contributed by atoms with Crippen molar-refractivity contribution in [2.45, 2.75) is 38.1 Å². The monoisotopic (exact) mass is 250 g/mol. The number of rotatable bonds is 2. The fraction of sp³-hybridized carbons (Fsp3) is 0.500. The molecule has 1 fully saturated rings. The summed E-state index contributed by atoms with van der Waals surface area (Å²) in [5.41, 5.74) is 0.00620. The number of benzene rings is 1. The number of anilines is 1. The minimum absolute atomic E-state index is 0.242. The van der Waals surface area contributed by atoms with Crippen molar-refractivity contribution in [1.82, 2.24) is 0 Å². The van der Waals surface area contributed by atoms with E-state index >= 15 is 0 Å². The van der Waals surface area contributed by atoms with Gasteiger partial charge in [-0.15, -0.1) is 0 Å². The topological polar surface area (TPSA) is 27.0 Å². The van der Waals surface area contributed by atoms with Crippen molar-refractivity contribution >= 4 is 5.69 Å². The van der Waals surface area contributed by atoms with Crippen LogP contribution in [0.3, 0.4) is 0 Å². The number of halogens is 2. The number of nitrogens with zero attached hydrogens (tertiary/aromatic N) is 2. The molecule has 4 heteroatoms. The van der Waals surface area contributed by atoms with E-state index in [2.05, 4.69) is 0 Å². The van der Waals surface area contributed by atoms with E-state index in [4.69, 9.17) is 5.26 Å². The molecule has 0 bridgehead atoms. The highest BCUT2D eigenvalue weighted by Gasteiger charge is 2.22. The molecule has 18 heavy (non-hydrogen) atoms. The van der Waals surface area contributed by atoms with Crippen LogP contribution in [0.4, 0.5) is 14.5 Å². The second kappa shape index (κ2) is 5.34. The van der Waals surface area contributed by atoms with Crippen LogP contribution in [0, 0.1) is 23.0 Å². The van der Waals surface area contributed by atoms with Crippen molar-refractivity contribution in [2.24, 2.45) is 0 Å². The Morgan fingerprint density at radius 3 is 2.44 bits per heavy atom. The molecule has 0 amide bonds. The Morgan fingerprint density at radius 2 is 1.83 bits per heavy atom. The molecule has 0 aromatic heterocycles. The van der Waals surface area contributed by atoms with Gasteiger partial charge in [0.2, 0.25) is 0 Å². The van der Waals surface area contributed by atoms with E-state index < -0.39 is 11.6 Å². The highest BCUT2D eigenvalue weighted by atomic mass is 19.2. The Hall–Kier alpha value is -1.63. The van der Waals surface area contributed by atoms with Crippen LogP contribution in [0.2, 0.25) is 0 Å². The summed E-state index contributed by atoms with van der Waals surface area (Å²) in [4.78, 5) is 1.80. The van der Waals surface area contributed by atoms with Gasteiger partial charge >= 0.3 is 0 Å². The van der Waals surface area contributed by atoms with Gasteiger partial charge in [-0.3, -0.25) is 0 Å². The summed E-state index contributed by atoms with van der Waals surface area (Å²) in [5.74, 6) is -1.96. The molecule has 96 valence electrons. The maximum absolute atomic E-state index is 13.9. The van der Waals surface area contributed by atoms with E-state index in [0.717, 1.165) is 25.7 Å². The van der Waals surface area contributed by atoms with Gasteiger partial charge in [0.15, 0.2) is 11.6 Å². The van der Waals surface area contributed by atoms with Gasteiger partial charge in [-0.05, 0) is 25.0 Å². The summed E-state index contributed by atoms with van der Waals surface area (Å²) in [6.45, 7) is 0. The first-order valence-electron chi connectivity index (χ1n) is 6.26. The highest BCUT2D eigenvalue weighted by molar-refractivity contribution is 5.52. The molecule has 0 atom stereocenters. The van der Waals surface area contributed by atoms with Crippen LogP contribution in [0.25, 0.3) is 0 Å². The summed E-state index contributed by atoms with van der Waals surface area (Å²) < 4.78 is 27.5. The normalized spacial score (nSPS) is 16.3. The molecule has 1 saturated carbocycles. The molecule has 0 radical (unpaired) electrons. The van der Waals surface area contributed by atoms with E-state index in [1.807, 2.05) is 0 Å². The van der Waals surface area contributed by atoms with Crippen molar-refractivity contribution < 1.29 is 8.78 Å². The zero-order valence-corrected chi connectivity index (χ0v) is 10.4. The second-order valence-electron chi connectivity index (χ2n) is 4.77. The number of hydrogen-bond donors (Lipinski definition) is 0. The third-order valence-corrected chi connectivity index (χ3v) is 3.68. The first kappa shape index (κ1) is 12.8. The Bertz CT molecular complexity index is 473. The summed E-state index contributed by atoms with van der Waals surface area (Å²) in [6.07, 6.45) is 5.51.